The normalized spacial score (nSPS) is 11.5. The summed E-state index contributed by atoms with van der Waals surface area (Å²) in [5.74, 6) is 0.0430. The summed E-state index contributed by atoms with van der Waals surface area (Å²) >= 11 is 0. The van der Waals surface area contributed by atoms with Crippen molar-refractivity contribution in [3.8, 4) is 0 Å². The van der Waals surface area contributed by atoms with E-state index in [4.69, 9.17) is 0 Å². The molecule has 1 aromatic rings. The zero-order valence-corrected chi connectivity index (χ0v) is 14.8. The minimum atomic E-state index is -3.73. The molecule has 0 aromatic heterocycles. The highest BCUT2D eigenvalue weighted by Crippen LogP contribution is 2.12. The number of benzene rings is 1. The molecule has 0 aliphatic heterocycles. The van der Waals surface area contributed by atoms with E-state index in [0.29, 0.717) is 18.0 Å². The SMILES string of the molecule is CC(=O)c1cccc(S(=O)(=O)NCCC(=O)N(C)CC(C)C)c1. The molecule has 0 unspecified atom stereocenters. The predicted molar refractivity (Wildman–Crippen MR) is 88.7 cm³/mol. The maximum Gasteiger partial charge on any atom is 0.240 e. The molecular formula is C16H24N2O4S. The molecule has 1 N–H and O–H groups in total. The van der Waals surface area contributed by atoms with Crippen LogP contribution in [0, 0.1) is 5.92 Å². The van der Waals surface area contributed by atoms with Crippen molar-refractivity contribution in [1.82, 2.24) is 9.62 Å². The maximum atomic E-state index is 12.2. The van der Waals surface area contributed by atoms with Crippen LogP contribution in [-0.2, 0) is 14.8 Å². The van der Waals surface area contributed by atoms with Crippen LogP contribution in [-0.4, -0.2) is 45.1 Å². The van der Waals surface area contributed by atoms with Gasteiger partial charge in [0, 0.05) is 32.1 Å². The van der Waals surface area contributed by atoms with Crippen LogP contribution in [0.5, 0.6) is 0 Å². The Labute approximate surface area is 137 Å². The molecule has 1 rings (SSSR count). The molecule has 0 saturated heterocycles. The lowest BCUT2D eigenvalue weighted by Gasteiger charge is -2.19. The number of Topliss-reactive ketones (excluding diaryl/α,β-unsaturated/α-hetero) is 1. The van der Waals surface area contributed by atoms with Gasteiger partial charge in [0.05, 0.1) is 4.90 Å². The molecule has 0 bridgehead atoms. The van der Waals surface area contributed by atoms with E-state index < -0.39 is 10.0 Å². The standard InChI is InChI=1S/C16H24N2O4S/c1-12(2)11-18(4)16(20)8-9-17-23(21,22)15-7-5-6-14(10-15)13(3)19/h5-7,10,12,17H,8-9,11H2,1-4H3. The van der Waals surface area contributed by atoms with Gasteiger partial charge in [-0.3, -0.25) is 9.59 Å². The molecule has 0 spiro atoms. The van der Waals surface area contributed by atoms with Gasteiger partial charge in [-0.2, -0.15) is 0 Å². The first-order chi connectivity index (χ1) is 10.6. The first-order valence-corrected chi connectivity index (χ1v) is 8.96. The molecule has 0 saturated carbocycles. The molecule has 23 heavy (non-hydrogen) atoms. The van der Waals surface area contributed by atoms with Crippen LogP contribution in [0.25, 0.3) is 0 Å². The van der Waals surface area contributed by atoms with E-state index in [1.165, 1.54) is 25.1 Å². The van der Waals surface area contributed by atoms with E-state index in [1.54, 1.807) is 18.0 Å². The number of sulfonamides is 1. The molecule has 128 valence electrons. The van der Waals surface area contributed by atoms with Gasteiger partial charge in [-0.15, -0.1) is 0 Å². The van der Waals surface area contributed by atoms with Gasteiger partial charge in [-0.25, -0.2) is 13.1 Å². The third-order valence-electron chi connectivity index (χ3n) is 3.25. The van der Waals surface area contributed by atoms with Gasteiger partial charge in [0.25, 0.3) is 0 Å². The summed E-state index contributed by atoms with van der Waals surface area (Å²) in [6.07, 6.45) is 0.0921. The van der Waals surface area contributed by atoms with Gasteiger partial charge in [-0.1, -0.05) is 26.0 Å². The van der Waals surface area contributed by atoms with Gasteiger partial charge in [0.1, 0.15) is 0 Å². The maximum absolute atomic E-state index is 12.2. The molecule has 0 atom stereocenters. The minimum Gasteiger partial charge on any atom is -0.345 e. The summed E-state index contributed by atoms with van der Waals surface area (Å²) in [7, 11) is -2.03. The zero-order chi connectivity index (χ0) is 17.6. The van der Waals surface area contributed by atoms with Crippen LogP contribution in [0.2, 0.25) is 0 Å². The average molecular weight is 340 g/mol. The molecular weight excluding hydrogens is 316 g/mol. The minimum absolute atomic E-state index is 0.0215. The second kappa shape index (κ2) is 8.21. The number of nitrogens with one attached hydrogen (secondary N) is 1. The van der Waals surface area contributed by atoms with Crippen molar-refractivity contribution in [2.45, 2.75) is 32.1 Å². The fraction of sp³-hybridized carbons (Fsp3) is 0.500. The predicted octanol–water partition coefficient (Wildman–Crippen LogP) is 1.67. The summed E-state index contributed by atoms with van der Waals surface area (Å²) in [6, 6.07) is 5.83. The van der Waals surface area contributed by atoms with Crippen molar-refractivity contribution in [3.05, 3.63) is 29.8 Å². The Morgan fingerprint density at radius 2 is 1.91 bits per heavy atom. The smallest absolute Gasteiger partial charge is 0.240 e. The Morgan fingerprint density at radius 3 is 2.48 bits per heavy atom. The number of rotatable bonds is 8. The molecule has 1 amide bonds. The lowest BCUT2D eigenvalue weighted by atomic mass is 10.2. The molecule has 7 heteroatoms. The Balaban J connectivity index is 2.65. The molecule has 0 aliphatic rings. The van der Waals surface area contributed by atoms with E-state index >= 15 is 0 Å². The summed E-state index contributed by atoms with van der Waals surface area (Å²) in [5, 5.41) is 0. The fourth-order valence-corrected chi connectivity index (χ4v) is 3.18. The van der Waals surface area contributed by atoms with Crippen molar-refractivity contribution >= 4 is 21.7 Å². The van der Waals surface area contributed by atoms with Crippen molar-refractivity contribution < 1.29 is 18.0 Å². The second-order valence-corrected chi connectivity index (χ2v) is 7.67. The van der Waals surface area contributed by atoms with E-state index in [2.05, 4.69) is 4.72 Å². The number of carbonyl (C=O) groups excluding carboxylic acids is 2. The lowest BCUT2D eigenvalue weighted by molar-refractivity contribution is -0.130. The molecule has 6 nitrogen and oxygen atoms in total. The van der Waals surface area contributed by atoms with Crippen LogP contribution in [0.4, 0.5) is 0 Å². The number of hydrogen-bond donors (Lipinski definition) is 1. The third-order valence-corrected chi connectivity index (χ3v) is 4.71. The van der Waals surface area contributed by atoms with Crippen LogP contribution < -0.4 is 4.72 Å². The molecule has 0 radical (unpaired) electrons. The second-order valence-electron chi connectivity index (χ2n) is 5.90. The Hall–Kier alpha value is -1.73. The summed E-state index contributed by atoms with van der Waals surface area (Å²) in [5.41, 5.74) is 0.334. The van der Waals surface area contributed by atoms with E-state index in [9.17, 15) is 18.0 Å². The average Bonchev–Trinajstić information content (AvgIpc) is 2.46. The monoisotopic (exact) mass is 340 g/mol. The van der Waals surface area contributed by atoms with Crippen molar-refractivity contribution in [2.24, 2.45) is 5.92 Å². The fourth-order valence-electron chi connectivity index (χ4n) is 2.10. The van der Waals surface area contributed by atoms with Gasteiger partial charge in [-0.05, 0) is 25.0 Å². The molecule has 0 aliphatic carbocycles. The van der Waals surface area contributed by atoms with Crippen LogP contribution in [0.3, 0.4) is 0 Å². The number of nitrogens with zero attached hydrogens (tertiary/aromatic N) is 1. The van der Waals surface area contributed by atoms with Crippen molar-refractivity contribution in [2.75, 3.05) is 20.1 Å². The van der Waals surface area contributed by atoms with Gasteiger partial charge < -0.3 is 4.90 Å². The number of amides is 1. The van der Waals surface area contributed by atoms with Gasteiger partial charge in [0.15, 0.2) is 5.78 Å². The van der Waals surface area contributed by atoms with E-state index in [0.717, 1.165) is 0 Å². The summed E-state index contributed by atoms with van der Waals surface area (Å²) in [6.45, 7) is 6.05. The highest BCUT2D eigenvalue weighted by Gasteiger charge is 2.16. The van der Waals surface area contributed by atoms with Crippen LogP contribution >= 0.6 is 0 Å². The Kier molecular flexibility index (Phi) is 6.90. The molecule has 1 aromatic carbocycles. The highest BCUT2D eigenvalue weighted by molar-refractivity contribution is 7.89. The van der Waals surface area contributed by atoms with Crippen molar-refractivity contribution in [1.29, 1.82) is 0 Å². The van der Waals surface area contributed by atoms with Crippen LogP contribution in [0.1, 0.15) is 37.6 Å². The topological polar surface area (TPSA) is 83.5 Å². The largest absolute Gasteiger partial charge is 0.345 e. The third kappa shape index (κ3) is 6.11. The van der Waals surface area contributed by atoms with Gasteiger partial charge >= 0.3 is 0 Å². The molecule has 0 heterocycles. The summed E-state index contributed by atoms with van der Waals surface area (Å²) in [4.78, 5) is 24.8. The van der Waals surface area contributed by atoms with E-state index in [-0.39, 0.29) is 29.6 Å². The summed E-state index contributed by atoms with van der Waals surface area (Å²) < 4.78 is 26.8. The Bertz CT molecular complexity index is 668. The molecule has 0 fully saturated rings. The van der Waals surface area contributed by atoms with Crippen LogP contribution in [0.15, 0.2) is 29.2 Å². The van der Waals surface area contributed by atoms with Gasteiger partial charge in [0.2, 0.25) is 15.9 Å². The Morgan fingerprint density at radius 1 is 1.26 bits per heavy atom. The highest BCUT2D eigenvalue weighted by atomic mass is 32.2. The lowest BCUT2D eigenvalue weighted by Crippen LogP contribution is -2.34. The number of hydrogen-bond acceptors (Lipinski definition) is 4. The number of carbonyl (C=O) groups is 2. The first kappa shape index (κ1) is 19.3. The number of ketones is 1. The van der Waals surface area contributed by atoms with E-state index in [1.807, 2.05) is 13.8 Å². The van der Waals surface area contributed by atoms with Crippen molar-refractivity contribution in [3.63, 3.8) is 0 Å². The zero-order valence-electron chi connectivity index (χ0n) is 14.0. The first-order valence-electron chi connectivity index (χ1n) is 7.48. The quantitative estimate of drug-likeness (QED) is 0.730.